The second-order valence-electron chi connectivity index (χ2n) is 11.7. The molecule has 0 saturated heterocycles. The Kier molecular flexibility index (Phi) is 10.1. The molecule has 0 aromatic heterocycles. The van der Waals surface area contributed by atoms with E-state index in [1.54, 1.807) is 48.5 Å². The van der Waals surface area contributed by atoms with Gasteiger partial charge in [0.05, 0.1) is 0 Å². The Morgan fingerprint density at radius 2 is 0.729 bits per heavy atom. The normalized spacial score (nSPS) is 13.2. The van der Waals surface area contributed by atoms with E-state index in [-0.39, 0.29) is 23.3 Å². The molecule has 0 fully saturated rings. The van der Waals surface area contributed by atoms with Crippen molar-refractivity contribution in [3.8, 4) is 44.5 Å². The minimum atomic E-state index is -1.48. The fourth-order valence-electron chi connectivity index (χ4n) is 6.51. The Morgan fingerprint density at radius 3 is 1.02 bits per heavy atom. The molecule has 0 aliphatic carbocycles. The summed E-state index contributed by atoms with van der Waals surface area (Å²) in [5.41, 5.74) is 8.09. The summed E-state index contributed by atoms with van der Waals surface area (Å²) in [5.74, 6) is -1.43. The Hall–Kier alpha value is -4.65. The first kappa shape index (κ1) is 33.3. The molecule has 0 N–H and O–H groups in total. The molecule has 0 saturated carbocycles. The molecule has 2 atom stereocenters. The van der Waals surface area contributed by atoms with E-state index >= 15 is 4.55 Å². The third-order valence-corrected chi connectivity index (χ3v) is 11.1. The second-order valence-corrected chi connectivity index (χ2v) is 13.5. The van der Waals surface area contributed by atoms with Crippen LogP contribution in [0.5, 0.6) is 0 Å². The first-order valence-corrected chi connectivity index (χ1v) is 17.3. The van der Waals surface area contributed by atoms with Crippen LogP contribution >= 0.6 is 0 Å². The first-order chi connectivity index (χ1) is 23.3. The summed E-state index contributed by atoms with van der Waals surface area (Å²) >= 11 is -1.48. The number of hydrogen-bond donors (Lipinski definition) is 0. The van der Waals surface area contributed by atoms with Crippen molar-refractivity contribution < 1.29 is 22.1 Å². The van der Waals surface area contributed by atoms with Gasteiger partial charge in [0.25, 0.3) is 0 Å². The molecule has 6 heteroatoms. The van der Waals surface area contributed by atoms with Gasteiger partial charge in [-0.1, -0.05) is 98.8 Å². The van der Waals surface area contributed by atoms with Crippen molar-refractivity contribution in [2.45, 2.75) is 37.2 Å². The van der Waals surface area contributed by atoms with Gasteiger partial charge in [-0.05, 0) is 117 Å². The summed E-state index contributed by atoms with van der Waals surface area (Å²) in [4.78, 5) is 0. The molecule has 0 bridgehead atoms. The highest BCUT2D eigenvalue weighted by molar-refractivity contribution is 7.91. The number of halogens is 4. The van der Waals surface area contributed by atoms with Crippen LogP contribution in [-0.2, 0) is 11.2 Å². The van der Waals surface area contributed by atoms with Gasteiger partial charge >= 0.3 is 0 Å². The second kappa shape index (κ2) is 14.6. The van der Waals surface area contributed by atoms with Gasteiger partial charge in [-0.2, -0.15) is 0 Å². The Balaban J connectivity index is 1.52. The van der Waals surface area contributed by atoms with Gasteiger partial charge in [0.2, 0.25) is 0 Å². The van der Waals surface area contributed by atoms with Crippen LogP contribution in [0.1, 0.15) is 48.3 Å². The third kappa shape index (κ3) is 6.82. The summed E-state index contributed by atoms with van der Waals surface area (Å²) in [6.45, 7) is 4.01. The summed E-state index contributed by atoms with van der Waals surface area (Å²) in [5, 5.41) is -0.850. The van der Waals surface area contributed by atoms with E-state index in [0.717, 1.165) is 55.6 Å². The molecule has 242 valence electrons. The smallest absolute Gasteiger partial charge is 0.141 e. The molecule has 2 unspecified atom stereocenters. The Morgan fingerprint density at radius 1 is 0.438 bits per heavy atom. The molecule has 6 aromatic carbocycles. The minimum Gasteiger partial charge on any atom is -0.615 e. The van der Waals surface area contributed by atoms with Gasteiger partial charge in [0.1, 0.15) is 33.8 Å². The van der Waals surface area contributed by atoms with Crippen molar-refractivity contribution in [1.82, 2.24) is 0 Å². The number of hydrogen-bond acceptors (Lipinski definition) is 1. The zero-order valence-electron chi connectivity index (χ0n) is 26.6. The maximum absolute atomic E-state index is 15.1. The highest BCUT2D eigenvalue weighted by Gasteiger charge is 2.35. The van der Waals surface area contributed by atoms with E-state index in [1.807, 2.05) is 50.2 Å². The van der Waals surface area contributed by atoms with Crippen molar-refractivity contribution in [2.75, 3.05) is 0 Å². The van der Waals surface area contributed by atoms with Crippen molar-refractivity contribution >= 4 is 11.2 Å². The highest BCUT2D eigenvalue weighted by Crippen LogP contribution is 2.48. The Labute approximate surface area is 282 Å². The minimum absolute atomic E-state index is 0.351. The van der Waals surface area contributed by atoms with E-state index in [1.165, 1.54) is 48.5 Å². The predicted octanol–water partition coefficient (Wildman–Crippen LogP) is 12.3. The lowest BCUT2D eigenvalue weighted by molar-refractivity contribution is 0.561. The first-order valence-electron chi connectivity index (χ1n) is 16.0. The van der Waals surface area contributed by atoms with Crippen LogP contribution in [0.4, 0.5) is 17.6 Å². The summed E-state index contributed by atoms with van der Waals surface area (Å²) in [6.07, 6.45) is 1.10. The molecule has 6 aromatic rings. The Bertz CT molecular complexity index is 1840. The van der Waals surface area contributed by atoms with Gasteiger partial charge in [-0.25, -0.2) is 17.6 Å². The van der Waals surface area contributed by atoms with Crippen molar-refractivity contribution in [2.24, 2.45) is 0 Å². The van der Waals surface area contributed by atoms with Crippen LogP contribution < -0.4 is 0 Å². The summed E-state index contributed by atoms with van der Waals surface area (Å²) < 4.78 is 71.2. The average Bonchev–Trinajstić information content (AvgIpc) is 3.10. The summed E-state index contributed by atoms with van der Waals surface area (Å²) in [7, 11) is 0. The van der Waals surface area contributed by atoms with Crippen LogP contribution in [0.25, 0.3) is 44.5 Å². The SMILES string of the molecule is CCC(c1cccc(-c2ccc(F)cc2)c1-c1ccc(F)cc1)[S+]([O-])C(CC)c1cccc(-c2ccc(F)cc2)c1-c1ccc(F)cc1. The van der Waals surface area contributed by atoms with E-state index < -0.39 is 21.7 Å². The van der Waals surface area contributed by atoms with Gasteiger partial charge in [0, 0.05) is 11.1 Å². The highest BCUT2D eigenvalue weighted by atomic mass is 32.2. The lowest BCUT2D eigenvalue weighted by atomic mass is 9.88. The van der Waals surface area contributed by atoms with Crippen LogP contribution in [0.15, 0.2) is 133 Å². The van der Waals surface area contributed by atoms with E-state index in [4.69, 9.17) is 0 Å². The molecule has 1 nitrogen and oxygen atoms in total. The summed E-state index contributed by atoms with van der Waals surface area (Å²) in [6, 6.07) is 36.6. The van der Waals surface area contributed by atoms with Crippen molar-refractivity contribution in [3.05, 3.63) is 168 Å². The van der Waals surface area contributed by atoms with Crippen LogP contribution in [0.2, 0.25) is 0 Å². The zero-order valence-corrected chi connectivity index (χ0v) is 27.4. The van der Waals surface area contributed by atoms with Crippen LogP contribution in [-0.4, -0.2) is 4.55 Å². The molecular formula is C42H34F4OS. The largest absolute Gasteiger partial charge is 0.615 e. The monoisotopic (exact) mass is 662 g/mol. The maximum atomic E-state index is 15.1. The van der Waals surface area contributed by atoms with Crippen LogP contribution in [0.3, 0.4) is 0 Å². The zero-order chi connectivity index (χ0) is 33.8. The van der Waals surface area contributed by atoms with Crippen LogP contribution in [0, 0.1) is 23.3 Å². The van der Waals surface area contributed by atoms with Gasteiger partial charge in [-0.15, -0.1) is 0 Å². The molecule has 48 heavy (non-hydrogen) atoms. The standard InChI is InChI=1S/C42H34F4OS/c1-3-39(37-9-5-7-35(27-11-19-31(43)20-12-27)41(37)29-15-23-33(45)24-16-29)48(47)40(4-2)38-10-6-8-36(28-13-21-32(44)22-14-28)42(38)30-17-25-34(46)26-18-30/h5-26,39-40H,3-4H2,1-2H3. The topological polar surface area (TPSA) is 23.1 Å². The quantitative estimate of drug-likeness (QED) is 0.106. The number of benzene rings is 6. The van der Waals surface area contributed by atoms with Crippen molar-refractivity contribution in [1.29, 1.82) is 0 Å². The number of rotatable bonds is 10. The van der Waals surface area contributed by atoms with Gasteiger partial charge in [0.15, 0.2) is 0 Å². The molecular weight excluding hydrogens is 629 g/mol. The van der Waals surface area contributed by atoms with Gasteiger partial charge in [-0.3, -0.25) is 0 Å². The fourth-order valence-corrected chi connectivity index (χ4v) is 8.46. The molecule has 0 radical (unpaired) electrons. The molecule has 0 amide bonds. The third-order valence-electron chi connectivity index (χ3n) is 8.77. The van der Waals surface area contributed by atoms with E-state index in [2.05, 4.69) is 0 Å². The lowest BCUT2D eigenvalue weighted by Crippen LogP contribution is -2.22. The molecule has 0 spiro atoms. The van der Waals surface area contributed by atoms with Crippen molar-refractivity contribution in [3.63, 3.8) is 0 Å². The molecule has 0 aliphatic heterocycles. The lowest BCUT2D eigenvalue weighted by Gasteiger charge is -2.31. The van der Waals surface area contributed by atoms with Gasteiger partial charge < -0.3 is 4.55 Å². The molecule has 0 heterocycles. The van der Waals surface area contributed by atoms with E-state index in [9.17, 15) is 17.6 Å². The fraction of sp³-hybridized carbons (Fsp3) is 0.143. The maximum Gasteiger partial charge on any atom is 0.141 e. The van der Waals surface area contributed by atoms with E-state index in [0.29, 0.717) is 12.8 Å². The molecule has 0 aliphatic rings. The average molecular weight is 663 g/mol. The molecule has 6 rings (SSSR count). The predicted molar refractivity (Wildman–Crippen MR) is 189 cm³/mol.